The van der Waals surface area contributed by atoms with E-state index in [1.807, 2.05) is 6.07 Å². The van der Waals surface area contributed by atoms with Crippen LogP contribution in [0.4, 0.5) is 0 Å². The topological polar surface area (TPSA) is 51.2 Å². The maximum absolute atomic E-state index is 11.3. The van der Waals surface area contributed by atoms with Crippen LogP contribution in [-0.4, -0.2) is 18.1 Å². The standard InChI is InChI=1S/C17H20N2O2/c1-3-13-4-6-14(7-5-13)10-18-12-16-9-8-15(11-19-16)17(20)21-2/h4-9,11,18H,3,10,12H2,1-2H3. The molecule has 1 N–H and O–H groups in total. The van der Waals surface area contributed by atoms with Crippen LogP contribution in [0, 0.1) is 0 Å². The Balaban J connectivity index is 1.83. The zero-order valence-electron chi connectivity index (χ0n) is 12.4. The van der Waals surface area contributed by atoms with E-state index in [0.29, 0.717) is 12.1 Å². The van der Waals surface area contributed by atoms with Gasteiger partial charge in [-0.2, -0.15) is 0 Å². The molecule has 0 bridgehead atoms. The van der Waals surface area contributed by atoms with Gasteiger partial charge in [0.05, 0.1) is 18.4 Å². The maximum Gasteiger partial charge on any atom is 0.339 e. The number of aryl methyl sites for hydroxylation is 1. The molecule has 0 unspecified atom stereocenters. The monoisotopic (exact) mass is 284 g/mol. The van der Waals surface area contributed by atoms with Crippen LogP contribution >= 0.6 is 0 Å². The van der Waals surface area contributed by atoms with E-state index in [-0.39, 0.29) is 5.97 Å². The van der Waals surface area contributed by atoms with E-state index >= 15 is 0 Å². The number of hydrogen-bond acceptors (Lipinski definition) is 4. The van der Waals surface area contributed by atoms with Crippen LogP contribution < -0.4 is 5.32 Å². The molecular weight excluding hydrogens is 264 g/mol. The minimum absolute atomic E-state index is 0.363. The van der Waals surface area contributed by atoms with Crippen molar-refractivity contribution in [2.75, 3.05) is 7.11 Å². The van der Waals surface area contributed by atoms with Crippen molar-refractivity contribution in [3.63, 3.8) is 0 Å². The number of esters is 1. The van der Waals surface area contributed by atoms with Crippen LogP contribution in [0.1, 0.15) is 34.1 Å². The molecule has 0 spiro atoms. The first kappa shape index (κ1) is 15.2. The summed E-state index contributed by atoms with van der Waals surface area (Å²) < 4.78 is 4.64. The molecule has 1 aromatic carbocycles. The van der Waals surface area contributed by atoms with Gasteiger partial charge in [0.15, 0.2) is 0 Å². The fourth-order valence-corrected chi connectivity index (χ4v) is 2.00. The van der Waals surface area contributed by atoms with Crippen molar-refractivity contribution in [1.82, 2.24) is 10.3 Å². The Morgan fingerprint density at radius 2 is 1.81 bits per heavy atom. The summed E-state index contributed by atoms with van der Waals surface area (Å²) in [6.07, 6.45) is 2.60. The quantitative estimate of drug-likeness (QED) is 0.829. The van der Waals surface area contributed by atoms with E-state index < -0.39 is 0 Å². The predicted molar refractivity (Wildman–Crippen MR) is 81.9 cm³/mol. The lowest BCUT2D eigenvalue weighted by Crippen LogP contribution is -2.14. The molecule has 0 amide bonds. The molecule has 0 aliphatic heterocycles. The van der Waals surface area contributed by atoms with Crippen LogP contribution in [0.2, 0.25) is 0 Å². The summed E-state index contributed by atoms with van der Waals surface area (Å²) in [5.74, 6) is -0.363. The van der Waals surface area contributed by atoms with Crippen molar-refractivity contribution in [1.29, 1.82) is 0 Å². The first-order chi connectivity index (χ1) is 10.2. The molecule has 1 aromatic heterocycles. The molecule has 21 heavy (non-hydrogen) atoms. The molecule has 2 aromatic rings. The number of carbonyl (C=O) groups is 1. The van der Waals surface area contributed by atoms with Gasteiger partial charge < -0.3 is 10.1 Å². The summed E-state index contributed by atoms with van der Waals surface area (Å²) in [5.41, 5.74) is 3.96. The smallest absolute Gasteiger partial charge is 0.339 e. The second-order valence-corrected chi connectivity index (χ2v) is 4.80. The SMILES string of the molecule is CCc1ccc(CNCc2ccc(C(=O)OC)cn2)cc1. The van der Waals surface area contributed by atoms with Gasteiger partial charge in [-0.1, -0.05) is 31.2 Å². The van der Waals surface area contributed by atoms with Crippen LogP contribution in [-0.2, 0) is 24.2 Å². The molecule has 0 saturated carbocycles. The fourth-order valence-electron chi connectivity index (χ4n) is 2.00. The van der Waals surface area contributed by atoms with E-state index in [2.05, 4.69) is 46.2 Å². The highest BCUT2D eigenvalue weighted by Gasteiger charge is 2.05. The van der Waals surface area contributed by atoms with E-state index in [1.54, 1.807) is 12.3 Å². The molecule has 110 valence electrons. The molecule has 4 heteroatoms. The highest BCUT2D eigenvalue weighted by atomic mass is 16.5. The van der Waals surface area contributed by atoms with E-state index in [1.165, 1.54) is 18.2 Å². The van der Waals surface area contributed by atoms with Gasteiger partial charge in [-0.3, -0.25) is 4.98 Å². The predicted octanol–water partition coefficient (Wildman–Crippen LogP) is 2.72. The Morgan fingerprint density at radius 3 is 2.38 bits per heavy atom. The number of methoxy groups -OCH3 is 1. The van der Waals surface area contributed by atoms with Gasteiger partial charge in [0, 0.05) is 19.3 Å². The molecule has 4 nitrogen and oxygen atoms in total. The third-order valence-electron chi connectivity index (χ3n) is 3.31. The van der Waals surface area contributed by atoms with E-state index in [9.17, 15) is 4.79 Å². The van der Waals surface area contributed by atoms with Crippen molar-refractivity contribution < 1.29 is 9.53 Å². The average Bonchev–Trinajstić information content (AvgIpc) is 2.55. The number of rotatable bonds is 6. The molecule has 0 atom stereocenters. The number of aromatic nitrogens is 1. The van der Waals surface area contributed by atoms with E-state index in [4.69, 9.17) is 0 Å². The first-order valence-corrected chi connectivity index (χ1v) is 7.04. The number of nitrogens with zero attached hydrogens (tertiary/aromatic N) is 1. The Kier molecular flexibility index (Phi) is 5.46. The minimum Gasteiger partial charge on any atom is -0.465 e. The lowest BCUT2D eigenvalue weighted by Gasteiger charge is -2.06. The van der Waals surface area contributed by atoms with Crippen molar-refractivity contribution >= 4 is 5.97 Å². The molecule has 2 rings (SSSR count). The first-order valence-electron chi connectivity index (χ1n) is 7.04. The van der Waals surface area contributed by atoms with Crippen LogP contribution in [0.5, 0.6) is 0 Å². The van der Waals surface area contributed by atoms with Gasteiger partial charge in [0.2, 0.25) is 0 Å². The Bertz CT molecular complexity index is 577. The highest BCUT2D eigenvalue weighted by molar-refractivity contribution is 5.88. The van der Waals surface area contributed by atoms with Gasteiger partial charge in [-0.25, -0.2) is 4.79 Å². The highest BCUT2D eigenvalue weighted by Crippen LogP contribution is 2.06. The summed E-state index contributed by atoms with van der Waals surface area (Å²) >= 11 is 0. The summed E-state index contributed by atoms with van der Waals surface area (Å²) in [6.45, 7) is 3.61. The number of benzene rings is 1. The molecule has 0 saturated heterocycles. The summed E-state index contributed by atoms with van der Waals surface area (Å²) in [6, 6.07) is 12.1. The van der Waals surface area contributed by atoms with Gasteiger partial charge in [-0.05, 0) is 29.7 Å². The fraction of sp³-hybridized carbons (Fsp3) is 0.294. The normalized spacial score (nSPS) is 10.4. The van der Waals surface area contributed by atoms with Crippen molar-refractivity contribution in [2.45, 2.75) is 26.4 Å². The van der Waals surface area contributed by atoms with Crippen LogP contribution in [0.25, 0.3) is 0 Å². The van der Waals surface area contributed by atoms with Crippen LogP contribution in [0.3, 0.4) is 0 Å². The van der Waals surface area contributed by atoms with E-state index in [0.717, 1.165) is 18.7 Å². The van der Waals surface area contributed by atoms with Gasteiger partial charge in [-0.15, -0.1) is 0 Å². The zero-order chi connectivity index (χ0) is 15.1. The Morgan fingerprint density at radius 1 is 1.10 bits per heavy atom. The average molecular weight is 284 g/mol. The third kappa shape index (κ3) is 4.39. The molecule has 0 aliphatic rings. The van der Waals surface area contributed by atoms with Gasteiger partial charge >= 0.3 is 5.97 Å². The summed E-state index contributed by atoms with van der Waals surface area (Å²) in [4.78, 5) is 15.5. The molecular formula is C17H20N2O2. The third-order valence-corrected chi connectivity index (χ3v) is 3.31. The number of pyridine rings is 1. The Labute approximate surface area is 125 Å². The summed E-state index contributed by atoms with van der Waals surface area (Å²) in [7, 11) is 1.36. The van der Waals surface area contributed by atoms with Gasteiger partial charge in [0.1, 0.15) is 0 Å². The van der Waals surface area contributed by atoms with Gasteiger partial charge in [0.25, 0.3) is 0 Å². The summed E-state index contributed by atoms with van der Waals surface area (Å²) in [5, 5.41) is 3.34. The Hall–Kier alpha value is -2.20. The van der Waals surface area contributed by atoms with Crippen molar-refractivity contribution in [3.8, 4) is 0 Å². The number of carbonyl (C=O) groups excluding carboxylic acids is 1. The second kappa shape index (κ2) is 7.55. The second-order valence-electron chi connectivity index (χ2n) is 4.80. The molecule has 1 heterocycles. The van der Waals surface area contributed by atoms with Crippen LogP contribution in [0.15, 0.2) is 42.6 Å². The number of ether oxygens (including phenoxy) is 1. The minimum atomic E-state index is -0.363. The maximum atomic E-state index is 11.3. The molecule has 0 fully saturated rings. The van der Waals surface area contributed by atoms with Crippen molar-refractivity contribution in [2.24, 2.45) is 0 Å². The number of hydrogen-bond donors (Lipinski definition) is 1. The van der Waals surface area contributed by atoms with Crippen molar-refractivity contribution in [3.05, 3.63) is 65.0 Å². The zero-order valence-corrected chi connectivity index (χ0v) is 12.4. The number of nitrogens with one attached hydrogen (secondary N) is 1. The molecule has 0 radical (unpaired) electrons. The molecule has 0 aliphatic carbocycles. The lowest BCUT2D eigenvalue weighted by molar-refractivity contribution is 0.0600. The largest absolute Gasteiger partial charge is 0.465 e. The lowest BCUT2D eigenvalue weighted by atomic mass is 10.1.